The van der Waals surface area contributed by atoms with Gasteiger partial charge in [0.05, 0.1) is 26.4 Å². The van der Waals surface area contributed by atoms with E-state index in [1.54, 1.807) is 0 Å². The molecule has 87 heavy (non-hydrogen) atoms. The largest absolute Gasteiger partial charge is 0.472 e. The monoisotopic (exact) mass is 1280 g/mol. The van der Waals surface area contributed by atoms with Crippen molar-refractivity contribution in [3.05, 3.63) is 0 Å². The molecule has 0 saturated carbocycles. The van der Waals surface area contributed by atoms with Gasteiger partial charge in [0.15, 0.2) is 12.2 Å². The van der Waals surface area contributed by atoms with Gasteiger partial charge in [-0.3, -0.25) is 37.3 Å². The van der Waals surface area contributed by atoms with Crippen molar-refractivity contribution in [2.75, 3.05) is 39.6 Å². The van der Waals surface area contributed by atoms with E-state index >= 15 is 0 Å². The zero-order valence-electron chi connectivity index (χ0n) is 56.3. The standard InChI is InChI=1S/C68H132O17P2/c1-7-10-12-14-16-18-20-21-22-23-24-25-27-33-41-47-53-68(73)84-63(56-78-65(70)50-44-38-31-29-28-30-37-43-49-61(6)9-3)58-82-86(74,75)80-54-62(69)55-81-87(76,77)83-59-64(57-79-66(71)51-45-39-35-34-36-42-48-60(4)5)85-67(72)52-46-40-32-26-19-17-15-13-11-8-2/h60-64,69H,7-59H2,1-6H3,(H,74,75)(H,76,77)/t61?,62-,63-,64-/m1/s1. The molecule has 516 valence electrons. The van der Waals surface area contributed by atoms with Crippen LogP contribution in [0.1, 0.15) is 343 Å². The number of phosphoric acid groups is 2. The predicted octanol–water partition coefficient (Wildman–Crippen LogP) is 19.2. The topological polar surface area (TPSA) is 237 Å². The fourth-order valence-electron chi connectivity index (χ4n) is 10.2. The lowest BCUT2D eigenvalue weighted by atomic mass is 9.99. The summed E-state index contributed by atoms with van der Waals surface area (Å²) in [4.78, 5) is 72.4. The van der Waals surface area contributed by atoms with Crippen LogP contribution in [0.4, 0.5) is 0 Å². The Balaban J connectivity index is 5.23. The molecule has 0 rings (SSSR count). The Morgan fingerprint density at radius 3 is 0.874 bits per heavy atom. The van der Waals surface area contributed by atoms with Crippen LogP contribution in [0.25, 0.3) is 0 Å². The van der Waals surface area contributed by atoms with Gasteiger partial charge in [-0.1, -0.05) is 292 Å². The van der Waals surface area contributed by atoms with E-state index in [9.17, 15) is 43.2 Å². The first-order valence-electron chi connectivity index (χ1n) is 35.5. The summed E-state index contributed by atoms with van der Waals surface area (Å²) < 4.78 is 68.1. The van der Waals surface area contributed by atoms with E-state index in [4.69, 9.17) is 37.0 Å². The van der Waals surface area contributed by atoms with Gasteiger partial charge >= 0.3 is 39.5 Å². The molecule has 0 saturated heterocycles. The van der Waals surface area contributed by atoms with Crippen LogP contribution in [-0.2, 0) is 65.4 Å². The van der Waals surface area contributed by atoms with Crippen molar-refractivity contribution < 1.29 is 80.2 Å². The summed E-state index contributed by atoms with van der Waals surface area (Å²) in [5, 5.41) is 10.6. The normalized spacial score (nSPS) is 14.5. The Kier molecular flexibility index (Phi) is 59.0. The summed E-state index contributed by atoms with van der Waals surface area (Å²) in [5.41, 5.74) is 0. The van der Waals surface area contributed by atoms with Crippen LogP contribution in [0.15, 0.2) is 0 Å². The van der Waals surface area contributed by atoms with Crippen LogP contribution < -0.4 is 0 Å². The van der Waals surface area contributed by atoms with Crippen molar-refractivity contribution >= 4 is 39.5 Å². The van der Waals surface area contributed by atoms with E-state index in [0.29, 0.717) is 31.6 Å². The number of rotatable bonds is 67. The van der Waals surface area contributed by atoms with Gasteiger partial charge in [0.1, 0.15) is 19.3 Å². The highest BCUT2D eigenvalue weighted by Crippen LogP contribution is 2.45. The van der Waals surface area contributed by atoms with E-state index in [1.165, 1.54) is 154 Å². The zero-order valence-corrected chi connectivity index (χ0v) is 58.1. The average molecular weight is 1280 g/mol. The van der Waals surface area contributed by atoms with Crippen LogP contribution in [0, 0.1) is 11.8 Å². The smallest absolute Gasteiger partial charge is 0.462 e. The summed E-state index contributed by atoms with van der Waals surface area (Å²) in [7, 11) is -9.89. The molecule has 17 nitrogen and oxygen atoms in total. The first kappa shape index (κ1) is 85.1. The lowest BCUT2D eigenvalue weighted by Crippen LogP contribution is -2.30. The number of phosphoric ester groups is 2. The molecule has 0 fully saturated rings. The van der Waals surface area contributed by atoms with E-state index in [1.807, 2.05) is 0 Å². The SMILES string of the molecule is CCCCCCCCCCCCCCCCCCC(=O)O[C@H](COC(=O)CCCCCCCCCCC(C)CC)COP(=O)(O)OC[C@@H](O)COP(=O)(O)OC[C@@H](COC(=O)CCCCCCCCC(C)C)OC(=O)CCCCCCCCCCCC. The molecular formula is C68H132O17P2. The minimum absolute atomic E-state index is 0.105. The minimum atomic E-state index is -4.95. The van der Waals surface area contributed by atoms with Gasteiger partial charge in [0.2, 0.25) is 0 Å². The van der Waals surface area contributed by atoms with Crippen molar-refractivity contribution in [3.8, 4) is 0 Å². The summed E-state index contributed by atoms with van der Waals surface area (Å²) >= 11 is 0. The predicted molar refractivity (Wildman–Crippen MR) is 349 cm³/mol. The molecule has 0 bridgehead atoms. The van der Waals surface area contributed by atoms with Crippen molar-refractivity contribution in [2.24, 2.45) is 11.8 Å². The highest BCUT2D eigenvalue weighted by atomic mass is 31.2. The Bertz CT molecular complexity index is 1700. The maximum atomic E-state index is 13.0. The van der Waals surface area contributed by atoms with Gasteiger partial charge in [0, 0.05) is 25.7 Å². The van der Waals surface area contributed by atoms with Crippen LogP contribution in [0.5, 0.6) is 0 Å². The molecule has 0 heterocycles. The first-order chi connectivity index (χ1) is 41.9. The van der Waals surface area contributed by atoms with Gasteiger partial charge in [0.25, 0.3) is 0 Å². The number of carbonyl (C=O) groups excluding carboxylic acids is 4. The van der Waals surface area contributed by atoms with Crippen LogP contribution >= 0.6 is 15.6 Å². The van der Waals surface area contributed by atoms with Gasteiger partial charge in [-0.2, -0.15) is 0 Å². The van der Waals surface area contributed by atoms with E-state index in [0.717, 1.165) is 102 Å². The second-order valence-electron chi connectivity index (χ2n) is 25.3. The molecule has 6 atom stereocenters. The van der Waals surface area contributed by atoms with Crippen molar-refractivity contribution in [3.63, 3.8) is 0 Å². The molecule has 0 aromatic heterocycles. The van der Waals surface area contributed by atoms with Crippen molar-refractivity contribution in [1.82, 2.24) is 0 Å². The van der Waals surface area contributed by atoms with Crippen molar-refractivity contribution in [1.29, 1.82) is 0 Å². The molecule has 0 spiro atoms. The summed E-state index contributed by atoms with van der Waals surface area (Å²) in [6.07, 6.45) is 44.5. The third-order valence-electron chi connectivity index (χ3n) is 16.1. The summed E-state index contributed by atoms with van der Waals surface area (Å²) in [5.74, 6) is -0.671. The molecule has 0 aromatic rings. The summed E-state index contributed by atoms with van der Waals surface area (Å²) in [6, 6.07) is 0. The maximum Gasteiger partial charge on any atom is 0.472 e. The van der Waals surface area contributed by atoms with E-state index in [2.05, 4.69) is 41.5 Å². The number of unbranched alkanes of at least 4 members (excludes halogenated alkanes) is 36. The Labute approximate surface area is 530 Å². The molecule has 0 aromatic carbocycles. The number of carbonyl (C=O) groups is 4. The summed E-state index contributed by atoms with van der Waals surface area (Å²) in [6.45, 7) is 9.44. The van der Waals surface area contributed by atoms with Crippen molar-refractivity contribution in [2.45, 2.75) is 362 Å². The lowest BCUT2D eigenvalue weighted by Gasteiger charge is -2.21. The minimum Gasteiger partial charge on any atom is -0.462 e. The van der Waals surface area contributed by atoms with Gasteiger partial charge in [-0.25, -0.2) is 9.13 Å². The van der Waals surface area contributed by atoms with Crippen LogP contribution in [-0.4, -0.2) is 96.7 Å². The number of hydrogen-bond acceptors (Lipinski definition) is 15. The molecule has 0 amide bonds. The first-order valence-corrected chi connectivity index (χ1v) is 38.5. The van der Waals surface area contributed by atoms with Gasteiger partial charge in [-0.15, -0.1) is 0 Å². The fraction of sp³-hybridized carbons (Fsp3) is 0.941. The van der Waals surface area contributed by atoms with E-state index in [-0.39, 0.29) is 25.7 Å². The third-order valence-corrected chi connectivity index (χ3v) is 18.0. The fourth-order valence-corrected chi connectivity index (χ4v) is 11.8. The lowest BCUT2D eigenvalue weighted by molar-refractivity contribution is -0.161. The highest BCUT2D eigenvalue weighted by molar-refractivity contribution is 7.47. The number of aliphatic hydroxyl groups excluding tert-OH is 1. The zero-order chi connectivity index (χ0) is 64.3. The molecule has 19 heteroatoms. The van der Waals surface area contributed by atoms with Crippen LogP contribution in [0.2, 0.25) is 0 Å². The quantitative estimate of drug-likeness (QED) is 0.0222. The highest BCUT2D eigenvalue weighted by Gasteiger charge is 2.30. The molecule has 3 N–H and O–H groups in total. The Hall–Kier alpha value is -1.94. The average Bonchev–Trinajstić information content (AvgIpc) is 3.69. The number of aliphatic hydroxyl groups is 1. The van der Waals surface area contributed by atoms with Gasteiger partial charge < -0.3 is 33.8 Å². The number of esters is 4. The molecule has 3 unspecified atom stereocenters. The number of hydrogen-bond donors (Lipinski definition) is 3. The Morgan fingerprint density at radius 1 is 0.333 bits per heavy atom. The van der Waals surface area contributed by atoms with E-state index < -0.39 is 97.5 Å². The molecule has 0 aliphatic heterocycles. The Morgan fingerprint density at radius 2 is 0.586 bits per heavy atom. The molecule has 0 aliphatic carbocycles. The third kappa shape index (κ3) is 61.3. The van der Waals surface area contributed by atoms with Crippen LogP contribution in [0.3, 0.4) is 0 Å². The second kappa shape index (κ2) is 60.3. The van der Waals surface area contributed by atoms with Gasteiger partial charge in [-0.05, 0) is 37.5 Å². The molecular weight excluding hydrogens is 1150 g/mol. The molecule has 0 radical (unpaired) electrons. The molecule has 0 aliphatic rings. The maximum absolute atomic E-state index is 13.0. The second-order valence-corrected chi connectivity index (χ2v) is 28.2. The number of ether oxygens (including phenoxy) is 4.